The van der Waals surface area contributed by atoms with Gasteiger partial charge in [0.15, 0.2) is 10.8 Å². The summed E-state index contributed by atoms with van der Waals surface area (Å²) in [4.78, 5) is 58.5. The summed E-state index contributed by atoms with van der Waals surface area (Å²) in [5, 5.41) is 19.7. The number of thioether (sulfide) groups is 1. The Labute approximate surface area is 201 Å². The number of oxime groups is 1. The van der Waals surface area contributed by atoms with Crippen LogP contribution in [-0.2, 0) is 37.6 Å². The summed E-state index contributed by atoms with van der Waals surface area (Å²) in [7, 11) is 3.11. The van der Waals surface area contributed by atoms with Gasteiger partial charge < -0.3 is 20.6 Å². The lowest BCUT2D eigenvalue weighted by molar-refractivity contribution is -0.671. The Balaban J connectivity index is 1.51. The second-order valence-electron chi connectivity index (χ2n) is 7.29. The first-order valence-corrected chi connectivity index (χ1v) is 11.8. The maximum Gasteiger partial charge on any atom is 0.352 e. The number of amides is 3. The number of nitrogens with one attached hydrogen (secondary N) is 2. The van der Waals surface area contributed by atoms with Crippen molar-refractivity contribution in [2.24, 2.45) is 12.2 Å². The largest absolute Gasteiger partial charge is 0.477 e. The molecule has 2 aliphatic rings. The maximum absolute atomic E-state index is 12.9. The number of thiazole rings is 1. The van der Waals surface area contributed by atoms with Gasteiger partial charge in [-0.25, -0.2) is 18.9 Å². The first-order chi connectivity index (χ1) is 16.3. The van der Waals surface area contributed by atoms with E-state index < -0.39 is 29.2 Å². The van der Waals surface area contributed by atoms with Crippen LogP contribution in [0.5, 0.6) is 0 Å². The van der Waals surface area contributed by atoms with Gasteiger partial charge in [-0.1, -0.05) is 5.16 Å². The van der Waals surface area contributed by atoms with Crippen molar-refractivity contribution in [1.29, 1.82) is 0 Å². The van der Waals surface area contributed by atoms with Crippen molar-refractivity contribution in [1.82, 2.24) is 19.8 Å². The molecular weight excluding hydrogens is 486 g/mol. The Morgan fingerprint density at radius 1 is 1.47 bits per heavy atom. The summed E-state index contributed by atoms with van der Waals surface area (Å²) >= 11 is 2.45. The molecule has 0 unspecified atom stereocenters. The van der Waals surface area contributed by atoms with E-state index in [0.29, 0.717) is 24.3 Å². The number of carboxylic acid groups (broad SMARTS) is 1. The Morgan fingerprint density at radius 2 is 2.26 bits per heavy atom. The van der Waals surface area contributed by atoms with Gasteiger partial charge in [-0.2, -0.15) is 0 Å². The number of hydrogen-bond acceptors (Lipinski definition) is 9. The Hall–Kier alpha value is -3.72. The number of rotatable bonds is 9. The van der Waals surface area contributed by atoms with E-state index in [4.69, 9.17) is 4.84 Å². The summed E-state index contributed by atoms with van der Waals surface area (Å²) in [5.74, 6) is -2.06. The zero-order chi connectivity index (χ0) is 24.4. The predicted molar refractivity (Wildman–Crippen MR) is 121 cm³/mol. The van der Waals surface area contributed by atoms with Gasteiger partial charge in [0.1, 0.15) is 48.9 Å². The van der Waals surface area contributed by atoms with E-state index in [1.165, 1.54) is 29.2 Å². The van der Waals surface area contributed by atoms with Crippen LogP contribution in [-0.4, -0.2) is 73.7 Å². The quantitative estimate of drug-likeness (QED) is 0.130. The molecule has 2 atom stereocenters. The topological polar surface area (TPSA) is 159 Å². The molecule has 34 heavy (non-hydrogen) atoms. The summed E-state index contributed by atoms with van der Waals surface area (Å²) in [6, 6.07) is -0.939. The van der Waals surface area contributed by atoms with E-state index in [1.807, 2.05) is 34.9 Å². The van der Waals surface area contributed by atoms with E-state index in [9.17, 15) is 24.3 Å². The molecule has 4 rings (SSSR count). The highest BCUT2D eigenvalue weighted by molar-refractivity contribution is 8.00. The summed E-state index contributed by atoms with van der Waals surface area (Å²) in [6.07, 6.45) is 5.92. The van der Waals surface area contributed by atoms with Gasteiger partial charge in [0.05, 0.1) is 7.05 Å². The molecule has 178 valence electrons. The van der Waals surface area contributed by atoms with Crippen LogP contribution < -0.4 is 15.2 Å². The van der Waals surface area contributed by atoms with Crippen LogP contribution in [0.2, 0.25) is 0 Å². The number of aliphatic carboxylic acids is 1. The fourth-order valence-electron chi connectivity index (χ4n) is 3.63. The zero-order valence-electron chi connectivity index (χ0n) is 18.0. The predicted octanol–water partition coefficient (Wildman–Crippen LogP) is -0.873. The number of aromatic nitrogens is 3. The number of imidazole rings is 1. The van der Waals surface area contributed by atoms with Crippen molar-refractivity contribution in [3.8, 4) is 0 Å². The highest BCUT2D eigenvalue weighted by atomic mass is 32.2. The number of anilines is 1. The number of hydrogen-bond donors (Lipinski definition) is 3. The molecule has 1 fully saturated rings. The molecule has 0 aliphatic carbocycles. The number of aryl methyl sites for hydroxylation is 1. The smallest absolute Gasteiger partial charge is 0.352 e. The lowest BCUT2D eigenvalue weighted by Crippen LogP contribution is -2.71. The van der Waals surface area contributed by atoms with Crippen molar-refractivity contribution in [2.45, 2.75) is 18.0 Å². The van der Waals surface area contributed by atoms with Gasteiger partial charge in [0, 0.05) is 16.7 Å². The molecule has 0 radical (unpaired) electrons. The molecule has 2 aromatic heterocycles. The zero-order valence-corrected chi connectivity index (χ0v) is 19.6. The lowest BCUT2D eigenvalue weighted by Gasteiger charge is -2.49. The van der Waals surface area contributed by atoms with Gasteiger partial charge in [0.2, 0.25) is 12.7 Å². The van der Waals surface area contributed by atoms with Crippen LogP contribution in [0.4, 0.5) is 5.13 Å². The van der Waals surface area contributed by atoms with E-state index >= 15 is 0 Å². The Bertz CT molecular complexity index is 1220. The van der Waals surface area contributed by atoms with Gasteiger partial charge in [-0.3, -0.25) is 19.3 Å². The Kier molecular flexibility index (Phi) is 6.65. The molecule has 0 spiro atoms. The van der Waals surface area contributed by atoms with Gasteiger partial charge in [-0.15, -0.1) is 23.1 Å². The van der Waals surface area contributed by atoms with Crippen molar-refractivity contribution < 1.29 is 33.7 Å². The average Bonchev–Trinajstić information content (AvgIpc) is 3.44. The molecule has 0 bridgehead atoms. The molecule has 13 nitrogen and oxygen atoms in total. The number of carboxylic acids is 1. The molecule has 3 N–H and O–H groups in total. The average molecular weight is 507 g/mol. The number of fused-ring (bicyclic) bond motifs is 1. The van der Waals surface area contributed by atoms with Crippen LogP contribution in [0.15, 0.2) is 40.5 Å². The molecule has 4 heterocycles. The SMILES string of the molecule is CO/N=C(\C(=O)N[C@@H]1C(=O)N2C(C(=O)O)=C(Cn3cc[n+](C)c3)CS[C@H]12)c1csc(NC=O)n1. The number of carbonyl (C=O) groups excluding carboxylic acids is 3. The monoisotopic (exact) mass is 506 g/mol. The number of nitrogens with zero attached hydrogens (tertiary/aromatic N) is 5. The second-order valence-corrected chi connectivity index (χ2v) is 9.26. The van der Waals surface area contributed by atoms with E-state index in [0.717, 1.165) is 11.3 Å². The van der Waals surface area contributed by atoms with E-state index in [1.54, 1.807) is 0 Å². The van der Waals surface area contributed by atoms with E-state index in [-0.39, 0.29) is 22.2 Å². The van der Waals surface area contributed by atoms with Crippen molar-refractivity contribution >= 4 is 58.1 Å². The van der Waals surface area contributed by atoms with Crippen LogP contribution in [0.25, 0.3) is 0 Å². The third kappa shape index (κ3) is 4.38. The molecule has 0 aromatic carbocycles. The summed E-state index contributed by atoms with van der Waals surface area (Å²) in [6.45, 7) is 0.328. The molecule has 15 heteroatoms. The van der Waals surface area contributed by atoms with Crippen molar-refractivity contribution in [3.05, 3.63) is 41.1 Å². The summed E-state index contributed by atoms with van der Waals surface area (Å²) in [5.41, 5.74) is 0.509. The van der Waals surface area contributed by atoms with Gasteiger partial charge >= 0.3 is 5.97 Å². The number of β-lactam (4-membered cyclic amide) rings is 1. The molecule has 3 amide bonds. The third-order valence-electron chi connectivity index (χ3n) is 5.06. The minimum atomic E-state index is -1.20. The third-order valence-corrected chi connectivity index (χ3v) is 7.17. The second kappa shape index (κ2) is 9.64. The van der Waals surface area contributed by atoms with Crippen LogP contribution >= 0.6 is 23.1 Å². The van der Waals surface area contributed by atoms with Crippen molar-refractivity contribution in [3.63, 3.8) is 0 Å². The van der Waals surface area contributed by atoms with E-state index in [2.05, 4.69) is 20.8 Å². The van der Waals surface area contributed by atoms with Crippen LogP contribution in [0.1, 0.15) is 5.69 Å². The van der Waals surface area contributed by atoms with Crippen molar-refractivity contribution in [2.75, 3.05) is 18.2 Å². The fraction of sp³-hybridized carbons (Fsp3) is 0.316. The Morgan fingerprint density at radius 3 is 2.91 bits per heavy atom. The minimum absolute atomic E-state index is 0.0644. The van der Waals surface area contributed by atoms with Crippen LogP contribution in [0.3, 0.4) is 0 Å². The highest BCUT2D eigenvalue weighted by Gasteiger charge is 2.54. The molecule has 0 saturated carbocycles. The fourth-order valence-corrected chi connectivity index (χ4v) is 5.62. The molecular formula is C19H20N7O6S2+. The normalized spacial score (nSPS) is 19.9. The molecule has 1 saturated heterocycles. The first-order valence-electron chi connectivity index (χ1n) is 9.83. The maximum atomic E-state index is 12.9. The van der Waals surface area contributed by atoms with Crippen LogP contribution in [0, 0.1) is 0 Å². The molecule has 2 aromatic rings. The first kappa shape index (κ1) is 23.4. The highest BCUT2D eigenvalue weighted by Crippen LogP contribution is 2.40. The minimum Gasteiger partial charge on any atom is -0.477 e. The summed E-state index contributed by atoms with van der Waals surface area (Å²) < 4.78 is 3.66. The molecule has 2 aliphatic heterocycles. The van der Waals surface area contributed by atoms with Gasteiger partial charge in [-0.05, 0) is 0 Å². The number of carbonyl (C=O) groups is 4. The lowest BCUT2D eigenvalue weighted by atomic mass is 10.0. The standard InChI is InChI=1S/C19H19N7O6S2/c1-24-3-4-25(9-24)5-10-6-33-17-13(16(29)26(17)14(10)18(30)31)22-15(28)12(23-32-2)11-7-34-19(21-11)20-8-27/h3-4,7-9,13,17H,5-6H2,1-2H3,(H2-,20,21,22,27,28,30,31)/p+1/b23-12-/t13-,17-/m1/s1. The van der Waals surface area contributed by atoms with Gasteiger partial charge in [0.25, 0.3) is 11.8 Å².